The van der Waals surface area contributed by atoms with Gasteiger partial charge in [-0.15, -0.1) is 9.36 Å². The maximum Gasteiger partial charge on any atom is 0.240 e. The Labute approximate surface area is 133 Å². The molecule has 0 amide bonds. The molecule has 21 heavy (non-hydrogen) atoms. The number of halogens is 1. The summed E-state index contributed by atoms with van der Waals surface area (Å²) in [6.07, 6.45) is 3.97. The van der Waals surface area contributed by atoms with E-state index in [1.807, 2.05) is 0 Å². The summed E-state index contributed by atoms with van der Waals surface area (Å²) in [7, 11) is 4.30. The highest BCUT2D eigenvalue weighted by molar-refractivity contribution is 5.60. The lowest BCUT2D eigenvalue weighted by molar-refractivity contribution is -0.740. The van der Waals surface area contributed by atoms with Crippen LogP contribution in [-0.4, -0.2) is 17.3 Å². The van der Waals surface area contributed by atoms with Gasteiger partial charge in [0.05, 0.1) is 13.1 Å². The molecule has 2 heterocycles. The summed E-state index contributed by atoms with van der Waals surface area (Å²) in [4.78, 5) is 2.55. The molecular formula is C17H24ClN3. The molecule has 0 bridgehead atoms. The Morgan fingerprint density at radius 2 is 1.86 bits per heavy atom. The highest BCUT2D eigenvalue weighted by Crippen LogP contribution is 2.27. The molecule has 0 saturated carbocycles. The topological polar surface area (TPSA) is 12.1 Å². The summed E-state index contributed by atoms with van der Waals surface area (Å²) in [6, 6.07) is 13.6. The summed E-state index contributed by atoms with van der Waals surface area (Å²) in [5.74, 6) is 1.33. The summed E-state index contributed by atoms with van der Waals surface area (Å²) in [6.45, 7) is 3.52. The third-order valence-corrected chi connectivity index (χ3v) is 4.56. The van der Waals surface area contributed by atoms with Crippen LogP contribution in [0.1, 0.15) is 26.2 Å². The average molecular weight is 306 g/mol. The summed E-state index contributed by atoms with van der Waals surface area (Å²) < 4.78 is 4.51. The number of rotatable bonds is 2. The molecule has 3 nitrogen and oxygen atoms in total. The van der Waals surface area contributed by atoms with Gasteiger partial charge in [-0.05, 0) is 38.3 Å². The van der Waals surface area contributed by atoms with Crippen molar-refractivity contribution in [3.63, 3.8) is 0 Å². The molecule has 0 N–H and O–H groups in total. The Morgan fingerprint density at radius 3 is 2.52 bits per heavy atom. The SMILES string of the molecule is CC1CCCCN1c1cc(-c2ccccc2)[n+](C)n1C.[Cl-]. The second-order valence-electron chi connectivity index (χ2n) is 5.84. The Bertz CT molecular complexity index is 592. The predicted molar refractivity (Wildman–Crippen MR) is 82.7 cm³/mol. The molecule has 4 heteroatoms. The molecule has 1 unspecified atom stereocenters. The van der Waals surface area contributed by atoms with Gasteiger partial charge in [0.2, 0.25) is 5.69 Å². The summed E-state index contributed by atoms with van der Waals surface area (Å²) in [5.41, 5.74) is 2.56. The zero-order chi connectivity index (χ0) is 14.1. The second kappa shape index (κ2) is 6.52. The number of hydrogen-bond acceptors (Lipinski definition) is 1. The van der Waals surface area contributed by atoms with Gasteiger partial charge in [-0.3, -0.25) is 0 Å². The third kappa shape index (κ3) is 2.93. The van der Waals surface area contributed by atoms with Crippen LogP contribution in [0.3, 0.4) is 0 Å². The molecule has 1 aromatic carbocycles. The Hall–Kier alpha value is -1.48. The van der Waals surface area contributed by atoms with Crippen LogP contribution in [0, 0.1) is 0 Å². The lowest BCUT2D eigenvalue weighted by Gasteiger charge is -2.33. The molecule has 0 spiro atoms. The van der Waals surface area contributed by atoms with Gasteiger partial charge in [0.15, 0.2) is 12.9 Å². The van der Waals surface area contributed by atoms with E-state index in [2.05, 4.69) is 71.7 Å². The van der Waals surface area contributed by atoms with E-state index in [-0.39, 0.29) is 12.4 Å². The van der Waals surface area contributed by atoms with Crippen LogP contribution in [0.5, 0.6) is 0 Å². The quantitative estimate of drug-likeness (QED) is 0.706. The highest BCUT2D eigenvalue weighted by atomic mass is 35.5. The van der Waals surface area contributed by atoms with Crippen LogP contribution in [0.2, 0.25) is 0 Å². The van der Waals surface area contributed by atoms with Crippen LogP contribution >= 0.6 is 0 Å². The number of nitrogens with zero attached hydrogens (tertiary/aromatic N) is 3. The Morgan fingerprint density at radius 1 is 1.14 bits per heavy atom. The zero-order valence-corrected chi connectivity index (χ0v) is 13.8. The molecule has 0 aliphatic carbocycles. The average Bonchev–Trinajstić information content (AvgIpc) is 2.77. The van der Waals surface area contributed by atoms with Crippen LogP contribution in [0.25, 0.3) is 11.3 Å². The van der Waals surface area contributed by atoms with Crippen molar-refractivity contribution >= 4 is 5.82 Å². The van der Waals surface area contributed by atoms with Gasteiger partial charge in [0.1, 0.15) is 0 Å². The van der Waals surface area contributed by atoms with Gasteiger partial charge in [-0.25, -0.2) is 0 Å². The van der Waals surface area contributed by atoms with E-state index in [4.69, 9.17) is 0 Å². The molecule has 2 aromatic rings. The van der Waals surface area contributed by atoms with Gasteiger partial charge in [0.25, 0.3) is 0 Å². The third-order valence-electron chi connectivity index (χ3n) is 4.56. The highest BCUT2D eigenvalue weighted by Gasteiger charge is 2.26. The van der Waals surface area contributed by atoms with Gasteiger partial charge < -0.3 is 17.3 Å². The molecular weight excluding hydrogens is 282 g/mol. The van der Waals surface area contributed by atoms with E-state index in [9.17, 15) is 0 Å². The zero-order valence-electron chi connectivity index (χ0n) is 13.1. The van der Waals surface area contributed by atoms with Crippen molar-refractivity contribution in [2.75, 3.05) is 11.4 Å². The van der Waals surface area contributed by atoms with E-state index in [0.29, 0.717) is 6.04 Å². The first-order valence-corrected chi connectivity index (χ1v) is 7.56. The fourth-order valence-electron chi connectivity index (χ4n) is 3.21. The van der Waals surface area contributed by atoms with Crippen molar-refractivity contribution in [1.82, 2.24) is 4.68 Å². The number of aromatic nitrogens is 2. The molecule has 1 saturated heterocycles. The number of anilines is 1. The predicted octanol–water partition coefficient (Wildman–Crippen LogP) is -0.101. The van der Waals surface area contributed by atoms with Crippen molar-refractivity contribution in [3.8, 4) is 11.3 Å². The summed E-state index contributed by atoms with van der Waals surface area (Å²) in [5, 5.41) is 0. The molecule has 1 atom stereocenters. The van der Waals surface area contributed by atoms with E-state index >= 15 is 0 Å². The minimum absolute atomic E-state index is 0. The number of benzene rings is 1. The lowest BCUT2D eigenvalue weighted by atomic mass is 10.0. The van der Waals surface area contributed by atoms with Crippen molar-refractivity contribution in [1.29, 1.82) is 0 Å². The lowest BCUT2D eigenvalue weighted by Crippen LogP contribution is -3.00. The van der Waals surface area contributed by atoms with E-state index in [0.717, 1.165) is 0 Å². The van der Waals surface area contributed by atoms with Crippen LogP contribution in [-0.2, 0) is 14.1 Å². The van der Waals surface area contributed by atoms with Crippen molar-refractivity contribution < 1.29 is 17.1 Å². The maximum atomic E-state index is 2.55. The van der Waals surface area contributed by atoms with Crippen LogP contribution in [0.4, 0.5) is 5.82 Å². The number of piperidine rings is 1. The van der Waals surface area contributed by atoms with Gasteiger partial charge in [-0.2, -0.15) is 0 Å². The number of hydrogen-bond donors (Lipinski definition) is 0. The molecule has 1 aliphatic heterocycles. The minimum Gasteiger partial charge on any atom is -1.00 e. The van der Waals surface area contributed by atoms with E-state index in [1.54, 1.807) is 0 Å². The van der Waals surface area contributed by atoms with Crippen LogP contribution < -0.4 is 22.0 Å². The first kappa shape index (κ1) is 15.9. The molecule has 1 aliphatic rings. The van der Waals surface area contributed by atoms with Gasteiger partial charge >= 0.3 is 0 Å². The fourth-order valence-corrected chi connectivity index (χ4v) is 3.21. The van der Waals surface area contributed by atoms with Crippen molar-refractivity contribution in [2.24, 2.45) is 14.1 Å². The van der Waals surface area contributed by atoms with Gasteiger partial charge in [0, 0.05) is 18.2 Å². The Balaban J connectivity index is 0.00000161. The van der Waals surface area contributed by atoms with Crippen molar-refractivity contribution in [3.05, 3.63) is 36.4 Å². The smallest absolute Gasteiger partial charge is 0.240 e. The maximum absolute atomic E-state index is 2.55. The fraction of sp³-hybridized carbons (Fsp3) is 0.471. The van der Waals surface area contributed by atoms with Crippen molar-refractivity contribution in [2.45, 2.75) is 32.2 Å². The molecule has 3 rings (SSSR count). The molecule has 1 aromatic heterocycles. The monoisotopic (exact) mass is 305 g/mol. The van der Waals surface area contributed by atoms with E-state index in [1.165, 1.54) is 42.9 Å². The normalized spacial score (nSPS) is 18.4. The molecule has 114 valence electrons. The Kier molecular flexibility index (Phi) is 4.94. The second-order valence-corrected chi connectivity index (χ2v) is 5.84. The van der Waals surface area contributed by atoms with Crippen LogP contribution in [0.15, 0.2) is 36.4 Å². The molecule has 0 radical (unpaired) electrons. The largest absolute Gasteiger partial charge is 1.00 e. The van der Waals surface area contributed by atoms with E-state index < -0.39 is 0 Å². The molecule has 1 fully saturated rings. The van der Waals surface area contributed by atoms with Gasteiger partial charge in [-0.1, -0.05) is 18.2 Å². The summed E-state index contributed by atoms with van der Waals surface area (Å²) >= 11 is 0. The minimum atomic E-state index is 0. The first-order chi connectivity index (χ1) is 9.68. The standard InChI is InChI=1S/C17H24N3.ClH/c1-14-9-7-8-12-20(14)17-13-16(18(2)19(17)3)15-10-5-4-6-11-15;/h4-6,10-11,13-14H,7-9,12H2,1-3H3;1H/q+1;/p-1. The first-order valence-electron chi connectivity index (χ1n) is 7.56.